The summed E-state index contributed by atoms with van der Waals surface area (Å²) in [5.74, 6) is 2.04. The van der Waals surface area contributed by atoms with Crippen LogP contribution >= 0.6 is 0 Å². The molecule has 5 atom stereocenters. The number of ketones is 1. The Morgan fingerprint density at radius 3 is 2.79 bits per heavy atom. The molecule has 130 valence electrons. The van der Waals surface area contributed by atoms with Crippen LogP contribution in [0.3, 0.4) is 0 Å². The molecule has 0 aromatic rings. The summed E-state index contributed by atoms with van der Waals surface area (Å²) in [6.07, 6.45) is 6.82. The van der Waals surface area contributed by atoms with Gasteiger partial charge in [0.25, 0.3) is 0 Å². The number of carbonyl (C=O) groups is 1. The lowest BCUT2D eigenvalue weighted by Crippen LogP contribution is -2.50. The molecular weight excluding hydrogens is 300 g/mol. The summed E-state index contributed by atoms with van der Waals surface area (Å²) in [6.45, 7) is 8.67. The molecule has 5 rings (SSSR count). The van der Waals surface area contributed by atoms with Gasteiger partial charge in [-0.2, -0.15) is 0 Å². The molecule has 2 saturated carbocycles. The predicted octanol–water partition coefficient (Wildman–Crippen LogP) is 4.34. The summed E-state index contributed by atoms with van der Waals surface area (Å²) in [6, 6.07) is 0. The number of aliphatic hydroxyl groups excluding tert-OH is 1. The highest BCUT2D eigenvalue weighted by Gasteiger charge is 2.81. The zero-order valence-electron chi connectivity index (χ0n) is 15.2. The van der Waals surface area contributed by atoms with Gasteiger partial charge in [-0.1, -0.05) is 27.7 Å². The second-order valence-electron chi connectivity index (χ2n) is 9.76. The van der Waals surface area contributed by atoms with E-state index >= 15 is 0 Å². The summed E-state index contributed by atoms with van der Waals surface area (Å²) in [4.78, 5) is 12.6. The van der Waals surface area contributed by atoms with Gasteiger partial charge in [-0.05, 0) is 54.7 Å². The Kier molecular flexibility index (Phi) is 2.64. The Hall–Kier alpha value is -1.09. The number of rotatable bonds is 1. The Bertz CT molecular complexity index is 713. The van der Waals surface area contributed by atoms with Gasteiger partial charge in [0.1, 0.15) is 11.4 Å². The maximum atomic E-state index is 12.6. The predicted molar refractivity (Wildman–Crippen MR) is 91.5 cm³/mol. The molecule has 3 nitrogen and oxygen atoms in total. The first-order chi connectivity index (χ1) is 11.2. The number of ether oxygens (including phenoxy) is 1. The van der Waals surface area contributed by atoms with E-state index in [-0.39, 0.29) is 28.5 Å². The fraction of sp³-hybridized carbons (Fsp3) is 0.762. The van der Waals surface area contributed by atoms with Crippen molar-refractivity contribution in [2.24, 2.45) is 28.6 Å². The van der Waals surface area contributed by atoms with Crippen LogP contribution in [0.25, 0.3) is 0 Å². The molecule has 3 heteroatoms. The minimum atomic E-state index is -0.236. The average molecular weight is 328 g/mol. The monoisotopic (exact) mass is 328 g/mol. The van der Waals surface area contributed by atoms with E-state index in [0.29, 0.717) is 29.8 Å². The fourth-order valence-electron chi connectivity index (χ4n) is 6.69. The molecule has 3 fully saturated rings. The molecule has 2 aliphatic heterocycles. The lowest BCUT2D eigenvalue weighted by Gasteiger charge is -2.48. The third kappa shape index (κ3) is 1.48. The molecule has 2 spiro atoms. The van der Waals surface area contributed by atoms with Crippen LogP contribution in [0.5, 0.6) is 0 Å². The van der Waals surface area contributed by atoms with Gasteiger partial charge in [-0.15, -0.1) is 0 Å². The number of aliphatic hydroxyl groups is 1. The largest absolute Gasteiger partial charge is 0.512 e. The van der Waals surface area contributed by atoms with Gasteiger partial charge < -0.3 is 9.84 Å². The summed E-state index contributed by atoms with van der Waals surface area (Å²) in [5, 5.41) is 10.6. The van der Waals surface area contributed by atoms with Crippen LogP contribution in [-0.2, 0) is 9.53 Å². The second-order valence-corrected chi connectivity index (χ2v) is 9.76. The third-order valence-corrected chi connectivity index (χ3v) is 8.18. The second kappa shape index (κ2) is 4.17. The van der Waals surface area contributed by atoms with Crippen molar-refractivity contribution >= 4 is 5.78 Å². The minimum absolute atomic E-state index is 0.138. The van der Waals surface area contributed by atoms with Crippen LogP contribution in [0.4, 0.5) is 0 Å². The zero-order chi connectivity index (χ0) is 17.1. The standard InChI is InChI=1S/C21H28O3/c1-11(2)12-7-13-14(8-15(12)22)21-10-20(21)6-5-18(23)19(3,4)17(20)9-16(13)24-21/h8,11-12,16-17,22H,5-7,9-10H2,1-4H3. The number of carbonyl (C=O) groups excluding carboxylic acids is 1. The molecule has 1 N–H and O–H groups in total. The Morgan fingerprint density at radius 1 is 1.33 bits per heavy atom. The van der Waals surface area contributed by atoms with Crippen LogP contribution in [0.15, 0.2) is 23.0 Å². The van der Waals surface area contributed by atoms with Crippen molar-refractivity contribution in [1.29, 1.82) is 0 Å². The number of Topliss-reactive ketones (excluding diaryl/α,β-unsaturated/α-hetero) is 1. The van der Waals surface area contributed by atoms with E-state index < -0.39 is 0 Å². The van der Waals surface area contributed by atoms with E-state index in [0.717, 1.165) is 25.7 Å². The molecule has 5 unspecified atom stereocenters. The number of allylic oxidation sites excluding steroid dienone is 1. The molecule has 1 saturated heterocycles. The first kappa shape index (κ1) is 15.2. The van der Waals surface area contributed by atoms with Crippen molar-refractivity contribution in [2.75, 3.05) is 0 Å². The average Bonchev–Trinajstić information content (AvgIpc) is 3.11. The summed E-state index contributed by atoms with van der Waals surface area (Å²) < 4.78 is 6.63. The summed E-state index contributed by atoms with van der Waals surface area (Å²) >= 11 is 0. The summed E-state index contributed by atoms with van der Waals surface area (Å²) in [5.41, 5.74) is 2.43. The molecule has 3 aliphatic carbocycles. The van der Waals surface area contributed by atoms with Crippen LogP contribution in [0.2, 0.25) is 0 Å². The van der Waals surface area contributed by atoms with Gasteiger partial charge in [0.05, 0.1) is 11.9 Å². The van der Waals surface area contributed by atoms with Gasteiger partial charge in [-0.3, -0.25) is 4.79 Å². The fourth-order valence-corrected chi connectivity index (χ4v) is 6.69. The van der Waals surface area contributed by atoms with Crippen molar-refractivity contribution in [1.82, 2.24) is 0 Å². The summed E-state index contributed by atoms with van der Waals surface area (Å²) in [7, 11) is 0. The molecule has 2 bridgehead atoms. The lowest BCUT2D eigenvalue weighted by molar-refractivity contribution is -0.149. The van der Waals surface area contributed by atoms with Gasteiger partial charge in [0.15, 0.2) is 0 Å². The smallest absolute Gasteiger partial charge is 0.138 e. The van der Waals surface area contributed by atoms with Gasteiger partial charge >= 0.3 is 0 Å². The van der Waals surface area contributed by atoms with Crippen molar-refractivity contribution in [3.63, 3.8) is 0 Å². The van der Waals surface area contributed by atoms with Gasteiger partial charge in [0.2, 0.25) is 0 Å². The molecule has 5 aliphatic rings. The van der Waals surface area contributed by atoms with Crippen molar-refractivity contribution in [3.8, 4) is 0 Å². The van der Waals surface area contributed by atoms with Crippen LogP contribution in [-0.4, -0.2) is 22.6 Å². The molecule has 0 aromatic heterocycles. The highest BCUT2D eigenvalue weighted by molar-refractivity contribution is 5.86. The van der Waals surface area contributed by atoms with Crippen molar-refractivity contribution in [2.45, 2.75) is 71.5 Å². The van der Waals surface area contributed by atoms with E-state index in [4.69, 9.17) is 4.74 Å². The van der Waals surface area contributed by atoms with Crippen molar-refractivity contribution in [3.05, 3.63) is 23.0 Å². The zero-order valence-corrected chi connectivity index (χ0v) is 15.2. The third-order valence-electron chi connectivity index (χ3n) is 8.18. The SMILES string of the molecule is CC(C)C1CC2=C(C=C1O)C13CC14CCC(=O)C(C)(C)C4CC2O3. The van der Waals surface area contributed by atoms with Gasteiger partial charge in [0, 0.05) is 23.2 Å². The topological polar surface area (TPSA) is 46.5 Å². The Morgan fingerprint density at radius 2 is 2.08 bits per heavy atom. The number of hydrogen-bond donors (Lipinski definition) is 1. The number of hydrogen-bond acceptors (Lipinski definition) is 3. The number of fused-ring (bicyclic) bond motifs is 2. The van der Waals surface area contributed by atoms with Gasteiger partial charge in [-0.25, -0.2) is 0 Å². The maximum Gasteiger partial charge on any atom is 0.138 e. The quantitative estimate of drug-likeness (QED) is 0.779. The molecule has 0 aromatic carbocycles. The molecular formula is C21H28O3. The van der Waals surface area contributed by atoms with E-state index in [2.05, 4.69) is 27.7 Å². The molecule has 2 heterocycles. The molecule has 0 amide bonds. The highest BCUT2D eigenvalue weighted by Crippen LogP contribution is 2.80. The molecule has 0 radical (unpaired) electrons. The van der Waals surface area contributed by atoms with E-state index in [9.17, 15) is 9.90 Å². The Labute approximate surface area is 144 Å². The van der Waals surface area contributed by atoms with Crippen LogP contribution in [0.1, 0.15) is 59.8 Å². The van der Waals surface area contributed by atoms with E-state index in [1.807, 2.05) is 6.08 Å². The molecule has 24 heavy (non-hydrogen) atoms. The minimum Gasteiger partial charge on any atom is -0.512 e. The maximum absolute atomic E-state index is 12.6. The normalized spacial score (nSPS) is 48.0. The van der Waals surface area contributed by atoms with Crippen LogP contribution in [0, 0.1) is 28.6 Å². The van der Waals surface area contributed by atoms with Crippen molar-refractivity contribution < 1.29 is 14.6 Å². The highest BCUT2D eigenvalue weighted by atomic mass is 16.5. The first-order valence-electron chi connectivity index (χ1n) is 9.58. The van der Waals surface area contributed by atoms with E-state index in [1.165, 1.54) is 11.1 Å². The van der Waals surface area contributed by atoms with E-state index in [1.54, 1.807) is 0 Å². The first-order valence-corrected chi connectivity index (χ1v) is 9.58. The van der Waals surface area contributed by atoms with Crippen LogP contribution < -0.4 is 0 Å². The Balaban J connectivity index is 1.60. The lowest BCUT2D eigenvalue weighted by atomic mass is 9.58.